The van der Waals surface area contributed by atoms with Crippen LogP contribution in [0.3, 0.4) is 0 Å². The van der Waals surface area contributed by atoms with Crippen LogP contribution in [0.15, 0.2) is 22.7 Å². The van der Waals surface area contributed by atoms with Crippen LogP contribution in [-0.2, 0) is 4.74 Å². The van der Waals surface area contributed by atoms with Crippen LogP contribution in [-0.4, -0.2) is 17.8 Å². The molecule has 1 atom stereocenters. The average Bonchev–Trinajstić information content (AvgIpc) is 2.56. The zero-order valence-electron chi connectivity index (χ0n) is 7.57. The Morgan fingerprint density at radius 3 is 2.87 bits per heavy atom. The molecule has 1 aromatic carbocycles. The molecule has 2 N–H and O–H groups in total. The average molecular weight is 295 g/mol. The minimum absolute atomic E-state index is 0. The van der Waals surface area contributed by atoms with Crippen molar-refractivity contribution in [3.63, 3.8) is 0 Å². The van der Waals surface area contributed by atoms with Gasteiger partial charge in [0.05, 0.1) is 6.04 Å². The predicted molar refractivity (Wildman–Crippen MR) is 60.3 cm³/mol. The number of hydrogen-bond donors (Lipinski definition) is 2. The topological polar surface area (TPSA) is 58.6 Å². The highest BCUT2D eigenvalue weighted by atomic mass is 79.9. The fraction of sp³-hybridized carbons (Fsp3) is 0.222. The van der Waals surface area contributed by atoms with Crippen LogP contribution in [0.5, 0.6) is 5.75 Å². The minimum atomic E-state index is -0.426. The van der Waals surface area contributed by atoms with Gasteiger partial charge in [0, 0.05) is 4.47 Å². The first-order chi connectivity index (χ1) is 6.66. The van der Waals surface area contributed by atoms with Gasteiger partial charge in [0.2, 0.25) is 0 Å². The summed E-state index contributed by atoms with van der Waals surface area (Å²) in [7, 11) is 0. The minimum Gasteiger partial charge on any atom is -0.508 e. The van der Waals surface area contributed by atoms with Crippen molar-refractivity contribution in [2.45, 2.75) is 6.04 Å². The fourth-order valence-corrected chi connectivity index (χ4v) is 1.87. The van der Waals surface area contributed by atoms with Crippen molar-refractivity contribution in [3.05, 3.63) is 28.2 Å². The number of halogens is 2. The van der Waals surface area contributed by atoms with Crippen molar-refractivity contribution < 1.29 is 14.6 Å². The van der Waals surface area contributed by atoms with Gasteiger partial charge in [-0.3, -0.25) is 0 Å². The van der Waals surface area contributed by atoms with Gasteiger partial charge in [0.25, 0.3) is 0 Å². The van der Waals surface area contributed by atoms with E-state index in [1.807, 2.05) is 0 Å². The Morgan fingerprint density at radius 2 is 2.27 bits per heavy atom. The van der Waals surface area contributed by atoms with E-state index in [-0.39, 0.29) is 24.2 Å². The quantitative estimate of drug-likeness (QED) is 0.836. The second kappa shape index (κ2) is 4.72. The number of alkyl carbamates (subject to hydrolysis) is 1. The van der Waals surface area contributed by atoms with E-state index in [9.17, 15) is 9.90 Å². The molecule has 1 fully saturated rings. The van der Waals surface area contributed by atoms with Gasteiger partial charge in [-0.1, -0.05) is 15.9 Å². The van der Waals surface area contributed by atoms with E-state index in [0.717, 1.165) is 10.0 Å². The summed E-state index contributed by atoms with van der Waals surface area (Å²) in [5.74, 6) is 0.171. The molecule has 1 aromatic rings. The molecule has 2 rings (SSSR count). The smallest absolute Gasteiger partial charge is 0.407 e. The van der Waals surface area contributed by atoms with Gasteiger partial charge < -0.3 is 15.2 Å². The number of amides is 1. The van der Waals surface area contributed by atoms with Gasteiger partial charge >= 0.3 is 6.09 Å². The molecule has 0 aromatic heterocycles. The van der Waals surface area contributed by atoms with Crippen molar-refractivity contribution >= 4 is 34.4 Å². The first kappa shape index (κ1) is 12.1. The molecule has 0 unspecified atom stereocenters. The summed E-state index contributed by atoms with van der Waals surface area (Å²) in [6.07, 6.45) is -0.426. The molecule has 15 heavy (non-hydrogen) atoms. The molecule has 0 saturated carbocycles. The van der Waals surface area contributed by atoms with E-state index in [1.165, 1.54) is 0 Å². The molecule has 0 aliphatic carbocycles. The van der Waals surface area contributed by atoms with Crippen molar-refractivity contribution in [1.82, 2.24) is 5.32 Å². The van der Waals surface area contributed by atoms with Gasteiger partial charge in [-0.15, -0.1) is 12.4 Å². The Bertz CT molecular complexity index is 386. The molecule has 4 nitrogen and oxygen atoms in total. The first-order valence-electron chi connectivity index (χ1n) is 4.08. The van der Waals surface area contributed by atoms with Gasteiger partial charge in [-0.2, -0.15) is 0 Å². The molecule has 1 aliphatic heterocycles. The highest BCUT2D eigenvalue weighted by molar-refractivity contribution is 9.10. The zero-order chi connectivity index (χ0) is 10.1. The fourth-order valence-electron chi connectivity index (χ4n) is 1.35. The first-order valence-corrected chi connectivity index (χ1v) is 4.88. The summed E-state index contributed by atoms with van der Waals surface area (Å²) in [5.41, 5.74) is 0.816. The number of ether oxygens (including phenoxy) is 1. The Kier molecular flexibility index (Phi) is 3.82. The lowest BCUT2D eigenvalue weighted by Gasteiger charge is -2.10. The van der Waals surface area contributed by atoms with Gasteiger partial charge in [0.15, 0.2) is 0 Å². The third kappa shape index (κ3) is 2.54. The maximum Gasteiger partial charge on any atom is 0.407 e. The summed E-state index contributed by atoms with van der Waals surface area (Å²) in [6, 6.07) is 4.72. The molecule has 0 bridgehead atoms. The maximum atomic E-state index is 10.8. The van der Waals surface area contributed by atoms with E-state index in [4.69, 9.17) is 4.74 Å². The Balaban J connectivity index is 0.00000112. The van der Waals surface area contributed by atoms with E-state index >= 15 is 0 Å². The number of carbonyl (C=O) groups excluding carboxylic acids is 1. The van der Waals surface area contributed by atoms with Crippen molar-refractivity contribution in [2.75, 3.05) is 6.61 Å². The Hall–Kier alpha value is -0.940. The lowest BCUT2D eigenvalue weighted by molar-refractivity contribution is 0.177. The monoisotopic (exact) mass is 293 g/mol. The number of hydrogen-bond acceptors (Lipinski definition) is 3. The normalized spacial score (nSPS) is 19.0. The molecule has 1 amide bonds. The molecule has 6 heteroatoms. The van der Waals surface area contributed by atoms with Crippen LogP contribution in [0, 0.1) is 0 Å². The number of phenolic OH excluding ortho intramolecular Hbond substituents is 1. The second-order valence-corrected chi connectivity index (χ2v) is 3.86. The van der Waals surface area contributed by atoms with Gasteiger partial charge in [-0.25, -0.2) is 4.79 Å². The molecular weight excluding hydrogens is 285 g/mol. The molecule has 1 saturated heterocycles. The van der Waals surface area contributed by atoms with Crippen LogP contribution in [0.1, 0.15) is 11.6 Å². The second-order valence-electron chi connectivity index (χ2n) is 3.00. The molecular formula is C9H9BrClNO3. The molecule has 1 aliphatic rings. The third-order valence-corrected chi connectivity index (χ3v) is 2.75. The number of carbonyl (C=O) groups is 1. The van der Waals surface area contributed by atoms with Crippen LogP contribution < -0.4 is 5.32 Å². The van der Waals surface area contributed by atoms with Crippen LogP contribution >= 0.6 is 28.3 Å². The highest BCUT2D eigenvalue weighted by Crippen LogP contribution is 2.29. The third-order valence-electron chi connectivity index (χ3n) is 2.03. The summed E-state index contributed by atoms with van der Waals surface area (Å²) >= 11 is 3.34. The number of nitrogens with one attached hydrogen (secondary N) is 1. The van der Waals surface area contributed by atoms with Crippen LogP contribution in [0.4, 0.5) is 4.79 Å². The number of cyclic esters (lactones) is 1. The standard InChI is InChI=1S/C9H8BrNO3.ClH/c10-7-2-1-5(12)3-6(7)8-4-14-9(13)11-8;/h1-3,8,12H,4H2,(H,11,13);1H/t8-;/m1./s1. The molecule has 1 heterocycles. The summed E-state index contributed by atoms with van der Waals surface area (Å²) < 4.78 is 5.60. The Labute approximate surface area is 101 Å². The number of rotatable bonds is 1. The lowest BCUT2D eigenvalue weighted by atomic mass is 10.1. The lowest BCUT2D eigenvalue weighted by Crippen LogP contribution is -2.18. The Morgan fingerprint density at radius 1 is 1.53 bits per heavy atom. The zero-order valence-corrected chi connectivity index (χ0v) is 9.97. The van der Waals surface area contributed by atoms with E-state index in [0.29, 0.717) is 6.61 Å². The van der Waals surface area contributed by atoms with Gasteiger partial charge in [0.1, 0.15) is 12.4 Å². The van der Waals surface area contributed by atoms with E-state index < -0.39 is 6.09 Å². The van der Waals surface area contributed by atoms with Gasteiger partial charge in [-0.05, 0) is 23.8 Å². The van der Waals surface area contributed by atoms with Crippen molar-refractivity contribution in [1.29, 1.82) is 0 Å². The number of aromatic hydroxyl groups is 1. The summed E-state index contributed by atoms with van der Waals surface area (Å²) in [5, 5.41) is 11.9. The SMILES string of the molecule is Cl.O=C1N[C@@H](c2cc(O)ccc2Br)CO1. The highest BCUT2D eigenvalue weighted by Gasteiger charge is 2.25. The van der Waals surface area contributed by atoms with Crippen LogP contribution in [0.25, 0.3) is 0 Å². The molecule has 82 valence electrons. The summed E-state index contributed by atoms with van der Waals surface area (Å²) in [6.45, 7) is 0.293. The predicted octanol–water partition coefficient (Wildman–Crippen LogP) is 2.36. The number of benzene rings is 1. The molecule has 0 radical (unpaired) electrons. The number of phenols is 1. The molecule has 0 spiro atoms. The van der Waals surface area contributed by atoms with E-state index in [1.54, 1.807) is 18.2 Å². The largest absolute Gasteiger partial charge is 0.508 e. The van der Waals surface area contributed by atoms with Crippen LogP contribution in [0.2, 0.25) is 0 Å². The van der Waals surface area contributed by atoms with E-state index in [2.05, 4.69) is 21.2 Å². The van der Waals surface area contributed by atoms with Crippen molar-refractivity contribution in [3.8, 4) is 5.75 Å². The summed E-state index contributed by atoms with van der Waals surface area (Å²) in [4.78, 5) is 10.8. The maximum absolute atomic E-state index is 10.8. The van der Waals surface area contributed by atoms with Crippen molar-refractivity contribution in [2.24, 2.45) is 0 Å².